The molecule has 2 aliphatic rings. The van der Waals surface area contributed by atoms with E-state index in [9.17, 15) is 9.59 Å². The Labute approximate surface area is 129 Å². The van der Waals surface area contributed by atoms with Crippen LogP contribution in [0, 0.1) is 0 Å². The van der Waals surface area contributed by atoms with Crippen molar-refractivity contribution < 1.29 is 19.1 Å². The molecule has 2 atom stereocenters. The molecule has 3 rings (SSSR count). The first-order valence-corrected chi connectivity index (χ1v) is 7.56. The van der Waals surface area contributed by atoms with Gasteiger partial charge in [0.05, 0.1) is 13.2 Å². The highest BCUT2D eigenvalue weighted by molar-refractivity contribution is 5.89. The van der Waals surface area contributed by atoms with Gasteiger partial charge in [-0.15, -0.1) is 0 Å². The van der Waals surface area contributed by atoms with Gasteiger partial charge >= 0.3 is 0 Å². The molecule has 1 fully saturated rings. The van der Waals surface area contributed by atoms with Gasteiger partial charge in [0.25, 0.3) is 5.91 Å². The summed E-state index contributed by atoms with van der Waals surface area (Å²) >= 11 is 0. The summed E-state index contributed by atoms with van der Waals surface area (Å²) in [6.45, 7) is 3.95. The lowest BCUT2D eigenvalue weighted by atomic mass is 10.1. The van der Waals surface area contributed by atoms with Gasteiger partial charge < -0.3 is 19.7 Å². The lowest BCUT2D eigenvalue weighted by molar-refractivity contribution is -0.140. The molecule has 0 saturated carbocycles. The van der Waals surface area contributed by atoms with E-state index in [0.29, 0.717) is 32.7 Å². The lowest BCUT2D eigenvalue weighted by Crippen LogP contribution is -2.52. The van der Waals surface area contributed by atoms with Crippen molar-refractivity contribution in [3.05, 3.63) is 29.8 Å². The van der Waals surface area contributed by atoms with Gasteiger partial charge in [0.1, 0.15) is 11.8 Å². The monoisotopic (exact) mass is 304 g/mol. The molecule has 1 saturated heterocycles. The summed E-state index contributed by atoms with van der Waals surface area (Å²) in [5, 5.41) is 2.76. The van der Waals surface area contributed by atoms with Crippen molar-refractivity contribution in [2.45, 2.75) is 25.5 Å². The normalized spacial score (nSPS) is 21.7. The number of ether oxygens (including phenoxy) is 2. The lowest BCUT2D eigenvalue weighted by Gasteiger charge is -2.29. The molecule has 0 aromatic heterocycles. The van der Waals surface area contributed by atoms with Gasteiger partial charge in [-0.25, -0.2) is 0 Å². The number of hydrogen-bond donors (Lipinski definition) is 1. The van der Waals surface area contributed by atoms with E-state index in [1.165, 1.54) is 0 Å². The quantitative estimate of drug-likeness (QED) is 0.875. The highest BCUT2D eigenvalue weighted by atomic mass is 16.5. The van der Waals surface area contributed by atoms with Crippen molar-refractivity contribution in [1.29, 1.82) is 0 Å². The van der Waals surface area contributed by atoms with Crippen LogP contribution in [-0.4, -0.2) is 55.2 Å². The van der Waals surface area contributed by atoms with Gasteiger partial charge in [0.15, 0.2) is 6.10 Å². The van der Waals surface area contributed by atoms with E-state index < -0.39 is 12.1 Å². The minimum absolute atomic E-state index is 0.0767. The number of fused-ring (bicyclic) bond motifs is 1. The van der Waals surface area contributed by atoms with Crippen LogP contribution in [0.5, 0.6) is 5.75 Å². The zero-order chi connectivity index (χ0) is 15.5. The molecule has 1 N–H and O–H groups in total. The molecule has 2 aliphatic heterocycles. The number of hydrogen-bond acceptors (Lipinski definition) is 4. The van der Waals surface area contributed by atoms with Gasteiger partial charge in [0.2, 0.25) is 5.91 Å². The molecule has 0 aliphatic carbocycles. The third-order valence-electron chi connectivity index (χ3n) is 3.99. The van der Waals surface area contributed by atoms with E-state index >= 15 is 0 Å². The molecule has 1 aromatic carbocycles. The maximum absolute atomic E-state index is 12.3. The van der Waals surface area contributed by atoms with Crippen LogP contribution < -0.4 is 10.1 Å². The van der Waals surface area contributed by atoms with Crippen molar-refractivity contribution in [1.82, 2.24) is 10.2 Å². The zero-order valence-electron chi connectivity index (χ0n) is 12.6. The molecule has 22 heavy (non-hydrogen) atoms. The van der Waals surface area contributed by atoms with E-state index in [4.69, 9.17) is 9.47 Å². The summed E-state index contributed by atoms with van der Waals surface area (Å²) in [6, 6.07) is 7.05. The molecule has 0 spiro atoms. The first-order chi connectivity index (χ1) is 10.6. The van der Waals surface area contributed by atoms with E-state index in [2.05, 4.69) is 5.32 Å². The topological polar surface area (TPSA) is 67.9 Å². The Morgan fingerprint density at radius 2 is 2.00 bits per heavy atom. The standard InChI is InChI=1S/C16H20N2O4/c1-11(16(20)18-6-8-21-9-7-18)17-15(19)14-10-12-4-2-3-5-13(12)22-14/h2-5,11,14H,6-10H2,1H3,(H,17,19). The Bertz CT molecular complexity index is 544. The van der Waals surface area contributed by atoms with E-state index in [-0.39, 0.29) is 11.8 Å². The van der Waals surface area contributed by atoms with Crippen LogP contribution in [0.15, 0.2) is 24.3 Å². The Balaban J connectivity index is 1.54. The number of nitrogens with zero attached hydrogens (tertiary/aromatic N) is 1. The van der Waals surface area contributed by atoms with Gasteiger partial charge in [-0.1, -0.05) is 18.2 Å². The second-order valence-corrected chi connectivity index (χ2v) is 5.59. The first kappa shape index (κ1) is 14.8. The fraction of sp³-hybridized carbons (Fsp3) is 0.500. The summed E-state index contributed by atoms with van der Waals surface area (Å²) in [6.07, 6.45) is -0.0159. The molecule has 2 unspecified atom stereocenters. The maximum atomic E-state index is 12.3. The predicted octanol–water partition coefficient (Wildman–Crippen LogP) is 0.354. The molecular weight excluding hydrogens is 284 g/mol. The highest BCUT2D eigenvalue weighted by Crippen LogP contribution is 2.28. The third-order valence-corrected chi connectivity index (χ3v) is 3.99. The largest absolute Gasteiger partial charge is 0.480 e. The van der Waals surface area contributed by atoms with Crippen LogP contribution in [0.3, 0.4) is 0 Å². The Kier molecular flexibility index (Phi) is 4.29. The Morgan fingerprint density at radius 3 is 2.73 bits per heavy atom. The summed E-state index contributed by atoms with van der Waals surface area (Å²) in [5.74, 6) is 0.423. The SMILES string of the molecule is CC(NC(=O)C1Cc2ccccc2O1)C(=O)N1CCOCC1. The first-order valence-electron chi connectivity index (χ1n) is 7.56. The number of nitrogens with one attached hydrogen (secondary N) is 1. The third kappa shape index (κ3) is 3.06. The number of amides is 2. The summed E-state index contributed by atoms with van der Waals surface area (Å²) in [7, 11) is 0. The van der Waals surface area contributed by atoms with Crippen LogP contribution in [-0.2, 0) is 20.7 Å². The van der Waals surface area contributed by atoms with Gasteiger partial charge in [0, 0.05) is 19.5 Å². The molecule has 6 heteroatoms. The van der Waals surface area contributed by atoms with Crippen molar-refractivity contribution in [3.8, 4) is 5.75 Å². The fourth-order valence-electron chi connectivity index (χ4n) is 2.75. The Hall–Kier alpha value is -2.08. The van der Waals surface area contributed by atoms with Crippen molar-refractivity contribution in [2.75, 3.05) is 26.3 Å². The molecule has 0 radical (unpaired) electrons. The second-order valence-electron chi connectivity index (χ2n) is 5.59. The smallest absolute Gasteiger partial charge is 0.262 e. The average molecular weight is 304 g/mol. The maximum Gasteiger partial charge on any atom is 0.262 e. The minimum Gasteiger partial charge on any atom is -0.480 e. The zero-order valence-corrected chi connectivity index (χ0v) is 12.6. The summed E-state index contributed by atoms with van der Waals surface area (Å²) in [5.41, 5.74) is 1.02. The van der Waals surface area contributed by atoms with Crippen molar-refractivity contribution in [3.63, 3.8) is 0 Å². The Morgan fingerprint density at radius 1 is 1.27 bits per heavy atom. The van der Waals surface area contributed by atoms with Gasteiger partial charge in [-0.3, -0.25) is 9.59 Å². The number of carbonyl (C=O) groups is 2. The predicted molar refractivity (Wildman–Crippen MR) is 79.6 cm³/mol. The summed E-state index contributed by atoms with van der Waals surface area (Å²) in [4.78, 5) is 26.3. The van der Waals surface area contributed by atoms with Gasteiger partial charge in [-0.05, 0) is 18.6 Å². The number of carbonyl (C=O) groups excluding carboxylic acids is 2. The van der Waals surface area contributed by atoms with Gasteiger partial charge in [-0.2, -0.15) is 0 Å². The van der Waals surface area contributed by atoms with Crippen LogP contribution >= 0.6 is 0 Å². The molecule has 2 heterocycles. The molecule has 1 aromatic rings. The number of morpholine rings is 1. The summed E-state index contributed by atoms with van der Waals surface area (Å²) < 4.78 is 10.9. The molecule has 2 amide bonds. The second kappa shape index (κ2) is 6.36. The van der Waals surface area contributed by atoms with E-state index in [1.807, 2.05) is 24.3 Å². The molecule has 0 bridgehead atoms. The van der Waals surface area contributed by atoms with Crippen molar-refractivity contribution >= 4 is 11.8 Å². The van der Waals surface area contributed by atoms with Crippen molar-refractivity contribution in [2.24, 2.45) is 0 Å². The molecule has 6 nitrogen and oxygen atoms in total. The van der Waals surface area contributed by atoms with E-state index in [0.717, 1.165) is 11.3 Å². The van der Waals surface area contributed by atoms with E-state index in [1.54, 1.807) is 11.8 Å². The number of benzene rings is 1. The fourth-order valence-corrected chi connectivity index (χ4v) is 2.75. The molecule has 118 valence electrons. The highest BCUT2D eigenvalue weighted by Gasteiger charge is 2.31. The average Bonchev–Trinajstić information content (AvgIpc) is 2.99. The van der Waals surface area contributed by atoms with Crippen LogP contribution in [0.2, 0.25) is 0 Å². The molecular formula is C16H20N2O4. The van der Waals surface area contributed by atoms with Crippen LogP contribution in [0.25, 0.3) is 0 Å². The number of para-hydroxylation sites is 1. The minimum atomic E-state index is -0.558. The van der Waals surface area contributed by atoms with Crippen LogP contribution in [0.4, 0.5) is 0 Å². The number of rotatable bonds is 3. The van der Waals surface area contributed by atoms with Crippen LogP contribution in [0.1, 0.15) is 12.5 Å².